The Morgan fingerprint density at radius 2 is 1.33 bits per heavy atom. The number of hydrogen-bond donors (Lipinski definition) is 0. The van der Waals surface area contributed by atoms with Crippen LogP contribution in [0.1, 0.15) is 32.3 Å². The molecule has 0 atom stereocenters. The van der Waals surface area contributed by atoms with E-state index in [-0.39, 0.29) is 0 Å². The third-order valence-corrected chi connectivity index (χ3v) is 9.94. The van der Waals surface area contributed by atoms with Gasteiger partial charge in [0.1, 0.15) is 5.97 Å². The molecule has 0 radical (unpaired) electrons. The standard InChI is InChI=1S/C7H4F3.2C6H7.C2HF3O2.Ti/c8-7(9,10)6-4-2-1-3-5-6;2*1-6-4-2-3-5-6;3-2(4,5)1(6)7;/h1-4H;2*2,4H,3H2,1H3;(H,6,7);/q;;;;+1/p-1. The van der Waals surface area contributed by atoms with Crippen LogP contribution in [-0.4, -0.2) is 12.1 Å². The number of hydrogen-bond acceptors (Lipinski definition) is 2. The summed E-state index contributed by atoms with van der Waals surface area (Å²) in [7, 11) is 0. The number of aliphatic carboxylic acids is 1. The van der Waals surface area contributed by atoms with Crippen molar-refractivity contribution < 1.29 is 54.1 Å². The summed E-state index contributed by atoms with van der Waals surface area (Å²) in [6.07, 6.45) is 0.357. The molecule has 0 saturated carbocycles. The molecule has 1 aromatic rings. The molecule has 0 unspecified atom stereocenters. The molecular formula is C21H18F6O2Ti. The molecule has 0 heterocycles. The third-order valence-electron chi connectivity index (χ3n) is 4.67. The summed E-state index contributed by atoms with van der Waals surface area (Å²) in [6.45, 7) is 4.06. The number of halogens is 6. The molecular weight excluding hydrogens is 446 g/mol. The van der Waals surface area contributed by atoms with Gasteiger partial charge in [-0.15, -0.1) is 0 Å². The summed E-state index contributed by atoms with van der Waals surface area (Å²) >= 11 is -2.39. The van der Waals surface area contributed by atoms with Crippen LogP contribution in [0.3, 0.4) is 0 Å². The summed E-state index contributed by atoms with van der Waals surface area (Å²) in [6, 6.07) is 6.17. The summed E-state index contributed by atoms with van der Waals surface area (Å²) in [5, 5.41) is 8.78. The smallest absolute Gasteiger partial charge is 0.430 e. The Labute approximate surface area is 176 Å². The van der Waals surface area contributed by atoms with Gasteiger partial charge in [0.05, 0.1) is 0 Å². The van der Waals surface area contributed by atoms with E-state index in [0.717, 1.165) is 24.0 Å². The Kier molecular flexibility index (Phi) is 7.58. The van der Waals surface area contributed by atoms with Crippen LogP contribution in [0.5, 0.6) is 0 Å². The maximum Gasteiger partial charge on any atom is 0.430 e. The molecule has 0 saturated heterocycles. The Hall–Kier alpha value is -2.06. The van der Waals surface area contributed by atoms with Crippen molar-refractivity contribution in [3.05, 3.63) is 73.0 Å². The average Bonchev–Trinajstić information content (AvgIpc) is 3.24. The molecule has 0 fully saturated rings. The van der Waals surface area contributed by atoms with Crippen LogP contribution in [0.2, 0.25) is 0 Å². The largest absolute Gasteiger partial charge is 0.542 e. The average molecular weight is 464 g/mol. The van der Waals surface area contributed by atoms with E-state index >= 15 is 0 Å². The third kappa shape index (κ3) is 5.76. The molecule has 1 aromatic carbocycles. The van der Waals surface area contributed by atoms with Crippen molar-refractivity contribution in [1.82, 2.24) is 0 Å². The van der Waals surface area contributed by atoms with E-state index in [1.54, 1.807) is 12.1 Å². The van der Waals surface area contributed by atoms with Crippen LogP contribution >= 0.6 is 0 Å². The number of carbonyl (C=O) groups excluding carboxylic acids is 1. The van der Waals surface area contributed by atoms with E-state index in [1.807, 2.05) is 13.8 Å². The molecule has 30 heavy (non-hydrogen) atoms. The first-order valence-electron chi connectivity index (χ1n) is 8.89. The van der Waals surface area contributed by atoms with Crippen LogP contribution in [0.15, 0.2) is 67.5 Å². The molecule has 0 spiro atoms. The fraction of sp³-hybridized carbons (Fsp3) is 0.286. The van der Waals surface area contributed by atoms with Crippen LogP contribution in [0.4, 0.5) is 26.3 Å². The van der Waals surface area contributed by atoms with Gasteiger partial charge in [0.15, 0.2) is 0 Å². The second kappa shape index (κ2) is 9.39. The number of alkyl halides is 6. The molecule has 0 N–H and O–H groups in total. The second-order valence-corrected chi connectivity index (χ2v) is 10.6. The minimum absolute atomic E-state index is 0.450. The first-order valence-corrected chi connectivity index (χ1v) is 11.2. The van der Waals surface area contributed by atoms with Crippen molar-refractivity contribution in [1.29, 1.82) is 0 Å². The Morgan fingerprint density at radius 3 is 1.67 bits per heavy atom. The number of carboxylic acids is 1. The van der Waals surface area contributed by atoms with Crippen molar-refractivity contribution in [3.63, 3.8) is 0 Å². The van der Waals surface area contributed by atoms with Crippen molar-refractivity contribution in [2.45, 2.75) is 39.0 Å². The minimum atomic E-state index is -5.19. The zero-order valence-corrected chi connectivity index (χ0v) is 17.7. The zero-order chi connectivity index (χ0) is 22.7. The quantitative estimate of drug-likeness (QED) is 0.480. The first kappa shape index (κ1) is 24.2. The Morgan fingerprint density at radius 1 is 0.900 bits per heavy atom. The summed E-state index contributed by atoms with van der Waals surface area (Å²) in [5.74, 6) is -3.01. The molecule has 2 aliphatic carbocycles. The van der Waals surface area contributed by atoms with Crippen molar-refractivity contribution in [2.24, 2.45) is 0 Å². The van der Waals surface area contributed by atoms with Gasteiger partial charge in [0, 0.05) is 0 Å². The van der Waals surface area contributed by atoms with E-state index in [0.29, 0.717) is 3.87 Å². The van der Waals surface area contributed by atoms with Crippen molar-refractivity contribution >= 4 is 9.84 Å². The predicted molar refractivity (Wildman–Crippen MR) is 95.1 cm³/mol. The van der Waals surface area contributed by atoms with Gasteiger partial charge >= 0.3 is 147 Å². The Balaban J connectivity index is 0.000000396. The molecule has 2 nitrogen and oxygen atoms in total. The Bertz CT molecular complexity index is 900. The normalized spacial score (nSPS) is 16.1. The first-order chi connectivity index (χ1) is 13.8. The fourth-order valence-electron chi connectivity index (χ4n) is 3.28. The van der Waals surface area contributed by atoms with Gasteiger partial charge in [0.2, 0.25) is 0 Å². The topological polar surface area (TPSA) is 40.1 Å². The molecule has 0 amide bonds. The van der Waals surface area contributed by atoms with Gasteiger partial charge in [-0.25, -0.2) is 0 Å². The molecule has 0 aromatic heterocycles. The number of allylic oxidation sites excluding steroid dienone is 8. The second-order valence-electron chi connectivity index (χ2n) is 6.74. The fourth-order valence-corrected chi connectivity index (χ4v) is 8.55. The van der Waals surface area contributed by atoms with Gasteiger partial charge < -0.3 is 9.90 Å². The van der Waals surface area contributed by atoms with Crippen LogP contribution < -0.4 is 8.97 Å². The van der Waals surface area contributed by atoms with Gasteiger partial charge in [-0.2, -0.15) is 13.2 Å². The molecule has 160 valence electrons. The molecule has 3 rings (SSSR count). The molecule has 0 bridgehead atoms. The molecule has 2 aliphatic rings. The monoisotopic (exact) mass is 464 g/mol. The summed E-state index contributed by atoms with van der Waals surface area (Å²) < 4.78 is 75.2. The van der Waals surface area contributed by atoms with E-state index in [2.05, 4.69) is 24.3 Å². The van der Waals surface area contributed by atoms with Crippen molar-refractivity contribution in [2.75, 3.05) is 0 Å². The van der Waals surface area contributed by atoms with Gasteiger partial charge in [0.25, 0.3) is 0 Å². The van der Waals surface area contributed by atoms with Crippen LogP contribution in [-0.2, 0) is 28.8 Å². The van der Waals surface area contributed by atoms with Gasteiger partial charge in [-0.3, -0.25) is 0 Å². The number of carboxylic acid groups (broad SMARTS) is 1. The van der Waals surface area contributed by atoms with Crippen LogP contribution in [0.25, 0.3) is 0 Å². The van der Waals surface area contributed by atoms with E-state index in [9.17, 15) is 26.3 Å². The van der Waals surface area contributed by atoms with Crippen LogP contribution in [0, 0.1) is 0 Å². The maximum atomic E-state index is 13.5. The minimum Gasteiger partial charge on any atom is -0.542 e. The summed E-state index contributed by atoms with van der Waals surface area (Å²) in [4.78, 5) is 8.78. The van der Waals surface area contributed by atoms with Gasteiger partial charge in [-0.05, 0) is 0 Å². The summed E-state index contributed by atoms with van der Waals surface area (Å²) in [5.41, 5.74) is 1.86. The number of benzene rings is 1. The molecule has 0 aliphatic heterocycles. The molecule has 9 heteroatoms. The van der Waals surface area contributed by atoms with E-state index < -0.39 is 41.8 Å². The van der Waals surface area contributed by atoms with E-state index in [1.165, 1.54) is 19.9 Å². The zero-order valence-electron chi connectivity index (χ0n) is 16.1. The maximum absolute atomic E-state index is 13.5. The SMILES string of the molecule is CC1=[C]([Ti+]([C]2=C(C)C=CC2)[c]2ccccc2C(F)(F)F)CC=C1.O=C([O-])C(F)(F)F. The number of carbonyl (C=O) groups is 1. The van der Waals surface area contributed by atoms with Crippen molar-refractivity contribution in [3.8, 4) is 0 Å². The van der Waals surface area contributed by atoms with E-state index in [4.69, 9.17) is 9.90 Å². The predicted octanol–water partition coefficient (Wildman–Crippen LogP) is 4.72. The number of rotatable bonds is 3. The van der Waals surface area contributed by atoms with Gasteiger partial charge in [-0.1, -0.05) is 0 Å².